The van der Waals surface area contributed by atoms with E-state index in [1.165, 1.54) is 10.8 Å². The Labute approximate surface area is 182 Å². The van der Waals surface area contributed by atoms with Gasteiger partial charge in [-0.2, -0.15) is 19.5 Å². The van der Waals surface area contributed by atoms with Gasteiger partial charge in [0, 0.05) is 18.7 Å². The van der Waals surface area contributed by atoms with Crippen molar-refractivity contribution in [3.8, 4) is 11.6 Å². The summed E-state index contributed by atoms with van der Waals surface area (Å²) in [4.78, 5) is 26.9. The number of alkyl halides is 1. The lowest BCUT2D eigenvalue weighted by molar-refractivity contribution is 0.0783. The lowest BCUT2D eigenvalue weighted by Gasteiger charge is -2.15. The fourth-order valence-corrected chi connectivity index (χ4v) is 3.61. The minimum absolute atomic E-state index is 0.130. The second-order valence-electron chi connectivity index (χ2n) is 7.54. The van der Waals surface area contributed by atoms with E-state index < -0.39 is 6.17 Å². The Hall–Kier alpha value is -4.02. The summed E-state index contributed by atoms with van der Waals surface area (Å²) in [6, 6.07) is 10.8. The zero-order chi connectivity index (χ0) is 22.1. The molecule has 3 aromatic heterocycles. The Balaban J connectivity index is 1.21. The number of anilines is 2. The Kier molecular flexibility index (Phi) is 5.13. The number of nitrogens with one attached hydrogen (secondary N) is 1. The minimum atomic E-state index is -0.922. The quantitative estimate of drug-likeness (QED) is 0.471. The number of benzene rings is 1. The van der Waals surface area contributed by atoms with Crippen LogP contribution >= 0.6 is 0 Å². The third-order valence-electron chi connectivity index (χ3n) is 5.29. The van der Waals surface area contributed by atoms with E-state index in [0.717, 1.165) is 5.56 Å². The summed E-state index contributed by atoms with van der Waals surface area (Å²) in [5.41, 5.74) is 7.59. The zero-order valence-corrected chi connectivity index (χ0v) is 17.1. The molecule has 164 valence electrons. The van der Waals surface area contributed by atoms with Crippen LogP contribution in [0.3, 0.4) is 0 Å². The average Bonchev–Trinajstić information content (AvgIpc) is 3.54. The number of amides is 1. The van der Waals surface area contributed by atoms with Crippen LogP contribution in [0, 0.1) is 0 Å². The Morgan fingerprint density at radius 1 is 1.22 bits per heavy atom. The molecule has 5 rings (SSSR count). The van der Waals surface area contributed by atoms with Crippen LogP contribution in [0.25, 0.3) is 17.4 Å². The highest BCUT2D eigenvalue weighted by Crippen LogP contribution is 2.18. The van der Waals surface area contributed by atoms with Gasteiger partial charge in [-0.15, -0.1) is 5.10 Å². The van der Waals surface area contributed by atoms with E-state index in [0.29, 0.717) is 54.8 Å². The molecule has 0 saturated carbocycles. The van der Waals surface area contributed by atoms with E-state index in [9.17, 15) is 9.18 Å². The van der Waals surface area contributed by atoms with Gasteiger partial charge in [0.2, 0.25) is 17.7 Å². The number of hydrogen-bond donors (Lipinski definition) is 2. The highest BCUT2D eigenvalue weighted by Gasteiger charge is 2.26. The van der Waals surface area contributed by atoms with Crippen molar-refractivity contribution in [3.05, 3.63) is 53.8 Å². The van der Waals surface area contributed by atoms with Gasteiger partial charge in [0.1, 0.15) is 6.17 Å². The fraction of sp³-hybridized carbons (Fsp3) is 0.286. The molecule has 1 amide bonds. The van der Waals surface area contributed by atoms with Crippen molar-refractivity contribution >= 4 is 23.6 Å². The number of likely N-dealkylation sites (tertiary alicyclic amines) is 1. The molecule has 3 N–H and O–H groups in total. The fourth-order valence-electron chi connectivity index (χ4n) is 3.61. The smallest absolute Gasteiger partial charge is 0.259 e. The predicted octanol–water partition coefficient (Wildman–Crippen LogP) is 2.20. The normalized spacial score (nSPS) is 16.0. The van der Waals surface area contributed by atoms with Gasteiger partial charge in [0.15, 0.2) is 5.76 Å². The summed E-state index contributed by atoms with van der Waals surface area (Å²) < 4.78 is 20.0. The number of carbonyl (C=O) groups is 1. The molecule has 11 heteroatoms. The first kappa shape index (κ1) is 19.9. The second-order valence-corrected chi connectivity index (χ2v) is 7.54. The van der Waals surface area contributed by atoms with E-state index in [2.05, 4.69) is 25.4 Å². The Bertz CT molecular complexity index is 1240. The standard InChI is InChI=1S/C21H21FN8O2/c22-15-8-10-29(12-15)18(31)14-5-3-13(4-6-14)7-9-24-20-26-19(23)30-21(27-20)25-17(28-30)16-2-1-11-32-16/h1-6,11,15H,7-10,12H2,(H3,23,24,25,26,27,28). The molecule has 4 aromatic rings. The first-order valence-electron chi connectivity index (χ1n) is 10.3. The number of fused-ring (bicyclic) bond motifs is 1. The molecule has 1 aliphatic rings. The molecule has 10 nitrogen and oxygen atoms in total. The summed E-state index contributed by atoms with van der Waals surface area (Å²) in [6.45, 7) is 1.19. The summed E-state index contributed by atoms with van der Waals surface area (Å²) in [6.07, 6.45) is 1.71. The van der Waals surface area contributed by atoms with Gasteiger partial charge >= 0.3 is 0 Å². The van der Waals surface area contributed by atoms with Crippen LogP contribution in [0.5, 0.6) is 0 Å². The topological polar surface area (TPSA) is 127 Å². The van der Waals surface area contributed by atoms with Gasteiger partial charge < -0.3 is 20.4 Å². The van der Waals surface area contributed by atoms with E-state index in [1.54, 1.807) is 29.2 Å². The van der Waals surface area contributed by atoms with Crippen LogP contribution in [-0.2, 0) is 6.42 Å². The Morgan fingerprint density at radius 2 is 2.06 bits per heavy atom. The predicted molar refractivity (Wildman–Crippen MR) is 115 cm³/mol. The lowest BCUT2D eigenvalue weighted by Crippen LogP contribution is -2.28. The molecular weight excluding hydrogens is 415 g/mol. The molecule has 1 fully saturated rings. The maximum Gasteiger partial charge on any atom is 0.259 e. The van der Waals surface area contributed by atoms with Gasteiger partial charge in [-0.25, -0.2) is 4.39 Å². The number of carbonyl (C=O) groups excluding carboxylic acids is 1. The number of halogens is 1. The van der Waals surface area contributed by atoms with Crippen molar-refractivity contribution < 1.29 is 13.6 Å². The SMILES string of the molecule is Nc1nc(NCCc2ccc(C(=O)N3CCC(F)C3)cc2)nc2nc(-c3ccco3)nn12. The monoisotopic (exact) mass is 436 g/mol. The van der Waals surface area contributed by atoms with Gasteiger partial charge in [-0.3, -0.25) is 4.79 Å². The van der Waals surface area contributed by atoms with E-state index in [-0.39, 0.29) is 18.4 Å². The van der Waals surface area contributed by atoms with Crippen LogP contribution in [-0.4, -0.2) is 61.2 Å². The van der Waals surface area contributed by atoms with Crippen molar-refractivity contribution in [1.29, 1.82) is 0 Å². The largest absolute Gasteiger partial charge is 0.461 e. The van der Waals surface area contributed by atoms with Crippen molar-refractivity contribution in [2.24, 2.45) is 0 Å². The van der Waals surface area contributed by atoms with Crippen LogP contribution in [0.1, 0.15) is 22.3 Å². The molecule has 1 atom stereocenters. The molecule has 32 heavy (non-hydrogen) atoms. The molecule has 4 heterocycles. The van der Waals surface area contributed by atoms with Crippen molar-refractivity contribution in [2.45, 2.75) is 19.0 Å². The number of nitrogen functional groups attached to an aromatic ring is 1. The van der Waals surface area contributed by atoms with Crippen molar-refractivity contribution in [2.75, 3.05) is 30.7 Å². The zero-order valence-electron chi connectivity index (χ0n) is 17.1. The molecule has 1 saturated heterocycles. The average molecular weight is 436 g/mol. The number of furan rings is 1. The lowest BCUT2D eigenvalue weighted by atomic mass is 10.1. The van der Waals surface area contributed by atoms with E-state index in [4.69, 9.17) is 10.2 Å². The third-order valence-corrected chi connectivity index (χ3v) is 5.29. The number of aromatic nitrogens is 5. The molecule has 0 aliphatic carbocycles. The van der Waals surface area contributed by atoms with Gasteiger partial charge in [0.25, 0.3) is 11.7 Å². The van der Waals surface area contributed by atoms with E-state index in [1.807, 2.05) is 12.1 Å². The first-order chi connectivity index (χ1) is 15.6. The van der Waals surface area contributed by atoms with Crippen LogP contribution < -0.4 is 11.1 Å². The molecular formula is C21H21FN8O2. The third kappa shape index (κ3) is 3.96. The highest BCUT2D eigenvalue weighted by molar-refractivity contribution is 5.94. The van der Waals surface area contributed by atoms with Gasteiger partial charge in [0.05, 0.1) is 12.8 Å². The van der Waals surface area contributed by atoms with Crippen LogP contribution in [0.2, 0.25) is 0 Å². The second kappa shape index (κ2) is 8.25. The maximum absolute atomic E-state index is 13.3. The number of rotatable bonds is 6. The number of nitrogens with two attached hydrogens (primary N) is 1. The van der Waals surface area contributed by atoms with Crippen molar-refractivity contribution in [1.82, 2.24) is 29.5 Å². The maximum atomic E-state index is 13.3. The Morgan fingerprint density at radius 3 is 2.78 bits per heavy atom. The highest BCUT2D eigenvalue weighted by atomic mass is 19.1. The summed E-state index contributed by atoms with van der Waals surface area (Å²) in [5.74, 6) is 1.57. The van der Waals surface area contributed by atoms with E-state index >= 15 is 0 Å². The molecule has 0 bridgehead atoms. The first-order valence-corrected chi connectivity index (χ1v) is 10.3. The molecule has 1 aliphatic heterocycles. The van der Waals surface area contributed by atoms with Crippen LogP contribution in [0.15, 0.2) is 47.1 Å². The molecule has 0 spiro atoms. The van der Waals surface area contributed by atoms with Crippen molar-refractivity contribution in [3.63, 3.8) is 0 Å². The summed E-state index contributed by atoms with van der Waals surface area (Å²) in [5, 5.41) is 7.39. The molecule has 1 unspecified atom stereocenters. The van der Waals surface area contributed by atoms with Crippen LogP contribution in [0.4, 0.5) is 16.3 Å². The summed E-state index contributed by atoms with van der Waals surface area (Å²) in [7, 11) is 0. The summed E-state index contributed by atoms with van der Waals surface area (Å²) >= 11 is 0. The van der Waals surface area contributed by atoms with Gasteiger partial charge in [-0.05, 0) is 42.7 Å². The molecule has 0 radical (unpaired) electrons. The minimum Gasteiger partial charge on any atom is -0.461 e. The number of hydrogen-bond acceptors (Lipinski definition) is 8. The molecule has 1 aromatic carbocycles. The van der Waals surface area contributed by atoms with Gasteiger partial charge in [-0.1, -0.05) is 12.1 Å². The number of nitrogens with zero attached hydrogens (tertiary/aromatic N) is 6.